The van der Waals surface area contributed by atoms with E-state index in [2.05, 4.69) is 28.4 Å². The minimum Gasteiger partial charge on any atom is -0.367 e. The molecule has 1 amide bonds. The molecule has 1 saturated heterocycles. The summed E-state index contributed by atoms with van der Waals surface area (Å²) in [4.78, 5) is 20.1. The number of nitriles is 1. The molecular weight excluding hydrogens is 400 g/mol. The Morgan fingerprint density at radius 3 is 2.94 bits per heavy atom. The first-order valence-electron chi connectivity index (χ1n) is 11.0. The number of benzene rings is 1. The van der Waals surface area contributed by atoms with Crippen molar-refractivity contribution >= 4 is 11.7 Å². The summed E-state index contributed by atoms with van der Waals surface area (Å²) in [7, 11) is 1.88. The van der Waals surface area contributed by atoms with Crippen molar-refractivity contribution in [1.82, 2.24) is 19.7 Å². The van der Waals surface area contributed by atoms with Crippen molar-refractivity contribution in [2.24, 2.45) is 13.0 Å². The lowest BCUT2D eigenvalue weighted by Gasteiger charge is -2.40. The van der Waals surface area contributed by atoms with E-state index in [9.17, 15) is 10.1 Å². The van der Waals surface area contributed by atoms with Gasteiger partial charge in [0.15, 0.2) is 0 Å². The van der Waals surface area contributed by atoms with Crippen molar-refractivity contribution in [3.63, 3.8) is 0 Å². The van der Waals surface area contributed by atoms with Gasteiger partial charge >= 0.3 is 0 Å². The number of aryl methyl sites for hydroxylation is 2. The maximum Gasteiger partial charge on any atom is 0.254 e. The van der Waals surface area contributed by atoms with Gasteiger partial charge in [-0.15, -0.1) is 0 Å². The molecule has 0 unspecified atom stereocenters. The van der Waals surface area contributed by atoms with Crippen molar-refractivity contribution in [2.45, 2.75) is 32.7 Å². The predicted molar refractivity (Wildman–Crippen MR) is 124 cm³/mol. The molecule has 3 heterocycles. The average molecular weight is 429 g/mol. The van der Waals surface area contributed by atoms with Crippen LogP contribution in [0.4, 0.5) is 5.82 Å². The van der Waals surface area contributed by atoms with Crippen LogP contribution in [0.1, 0.15) is 41.3 Å². The summed E-state index contributed by atoms with van der Waals surface area (Å²) >= 11 is 0. The van der Waals surface area contributed by atoms with Crippen molar-refractivity contribution < 1.29 is 4.79 Å². The normalized spacial score (nSPS) is 18.2. The highest BCUT2D eigenvalue weighted by molar-refractivity contribution is 6.01. The first-order valence-corrected chi connectivity index (χ1v) is 11.0. The molecule has 3 aromatic rings. The summed E-state index contributed by atoms with van der Waals surface area (Å²) < 4.78 is 1.75. The Bertz CT molecular complexity index is 1160. The number of aromatic nitrogens is 3. The van der Waals surface area contributed by atoms with Gasteiger partial charge in [-0.05, 0) is 49.4 Å². The lowest BCUT2D eigenvalue weighted by atomic mass is 9.89. The summed E-state index contributed by atoms with van der Waals surface area (Å²) in [5.74, 6) is 0.931. The predicted octanol–water partition coefficient (Wildman–Crippen LogP) is 4.02. The van der Waals surface area contributed by atoms with Crippen LogP contribution in [-0.2, 0) is 7.05 Å². The van der Waals surface area contributed by atoms with Crippen molar-refractivity contribution in [1.29, 1.82) is 5.26 Å². The number of rotatable bonds is 5. The van der Waals surface area contributed by atoms with Crippen LogP contribution >= 0.6 is 0 Å². The van der Waals surface area contributed by atoms with Crippen LogP contribution < -0.4 is 5.32 Å². The molecule has 0 aliphatic carbocycles. The Kier molecular flexibility index (Phi) is 6.22. The first kappa shape index (κ1) is 21.6. The quantitative estimate of drug-likeness (QED) is 0.663. The zero-order chi connectivity index (χ0) is 22.7. The van der Waals surface area contributed by atoms with E-state index < -0.39 is 0 Å². The molecule has 0 spiro atoms. The fourth-order valence-electron chi connectivity index (χ4n) is 4.45. The number of piperidine rings is 1. The van der Waals surface area contributed by atoms with Gasteiger partial charge in [0.25, 0.3) is 5.91 Å². The minimum absolute atomic E-state index is 0.00654. The highest BCUT2D eigenvalue weighted by atomic mass is 16.2. The van der Waals surface area contributed by atoms with Crippen LogP contribution in [0.5, 0.6) is 0 Å². The third-order valence-corrected chi connectivity index (χ3v) is 6.20. The summed E-state index contributed by atoms with van der Waals surface area (Å²) in [6.07, 6.45) is 7.44. The Balaban J connectivity index is 1.63. The maximum absolute atomic E-state index is 13.8. The molecule has 7 heteroatoms. The fraction of sp³-hybridized carbons (Fsp3) is 0.360. The number of nitrogens with zero attached hydrogens (tertiary/aromatic N) is 5. The second kappa shape index (κ2) is 9.23. The highest BCUT2D eigenvalue weighted by Crippen LogP contribution is 2.30. The van der Waals surface area contributed by atoms with Crippen LogP contribution in [0.25, 0.3) is 11.1 Å². The number of hydrogen-bond donors (Lipinski definition) is 1. The Hall–Kier alpha value is -3.66. The van der Waals surface area contributed by atoms with E-state index in [1.807, 2.05) is 43.3 Å². The number of carbonyl (C=O) groups is 1. The number of anilines is 1. The monoisotopic (exact) mass is 428 g/mol. The second-order valence-electron chi connectivity index (χ2n) is 8.53. The molecule has 2 atom stereocenters. The molecular formula is C25H28N6O. The number of hydrogen-bond acceptors (Lipinski definition) is 5. The van der Waals surface area contributed by atoms with Gasteiger partial charge in [-0.1, -0.05) is 24.6 Å². The molecule has 4 rings (SSSR count). The molecule has 0 bridgehead atoms. The minimum atomic E-state index is 0.00654. The highest BCUT2D eigenvalue weighted by Gasteiger charge is 2.33. The standard InChI is InChI=1S/C25H28N6O/c1-17-8-9-21(20-14-29-30(3)16-20)22(12-17)25(32)31-11-5-6-18(2)23(31)15-28-24-19(13-26)7-4-10-27-24/h4,7-10,12,14,16,18,23H,5-6,11,15H2,1-3H3,(H,27,28)/t18-,23-/m1/s1. The largest absolute Gasteiger partial charge is 0.367 e. The fourth-order valence-corrected chi connectivity index (χ4v) is 4.45. The molecule has 1 fully saturated rings. The molecule has 1 N–H and O–H groups in total. The van der Waals surface area contributed by atoms with E-state index >= 15 is 0 Å². The third-order valence-electron chi connectivity index (χ3n) is 6.20. The van der Waals surface area contributed by atoms with E-state index in [1.54, 1.807) is 29.2 Å². The van der Waals surface area contributed by atoms with Crippen LogP contribution in [0.15, 0.2) is 48.9 Å². The zero-order valence-corrected chi connectivity index (χ0v) is 18.7. The SMILES string of the molecule is Cc1ccc(-c2cnn(C)c2)c(C(=O)N2CCC[C@@H](C)[C@H]2CNc2ncccc2C#N)c1. The lowest BCUT2D eigenvalue weighted by Crippen LogP contribution is -2.51. The molecule has 32 heavy (non-hydrogen) atoms. The molecule has 1 aliphatic rings. The van der Waals surface area contributed by atoms with E-state index in [0.717, 1.165) is 29.5 Å². The first-order chi connectivity index (χ1) is 15.5. The second-order valence-corrected chi connectivity index (χ2v) is 8.53. The van der Waals surface area contributed by atoms with E-state index in [0.29, 0.717) is 36.0 Å². The van der Waals surface area contributed by atoms with Crippen LogP contribution in [-0.4, -0.2) is 44.7 Å². The molecule has 0 saturated carbocycles. The van der Waals surface area contributed by atoms with Gasteiger partial charge in [0.2, 0.25) is 0 Å². The van der Waals surface area contributed by atoms with Gasteiger partial charge in [-0.2, -0.15) is 10.4 Å². The lowest BCUT2D eigenvalue weighted by molar-refractivity contribution is 0.0540. The topological polar surface area (TPSA) is 86.8 Å². The van der Waals surface area contributed by atoms with E-state index in [1.165, 1.54) is 0 Å². The number of amides is 1. The van der Waals surface area contributed by atoms with Crippen molar-refractivity contribution in [3.8, 4) is 17.2 Å². The summed E-state index contributed by atoms with van der Waals surface area (Å²) in [6.45, 7) is 5.45. The third kappa shape index (κ3) is 4.35. The number of carbonyl (C=O) groups excluding carboxylic acids is 1. The summed E-state index contributed by atoms with van der Waals surface area (Å²) in [6, 6.07) is 11.7. The Morgan fingerprint density at radius 1 is 1.34 bits per heavy atom. The summed E-state index contributed by atoms with van der Waals surface area (Å²) in [5.41, 5.74) is 4.09. The summed E-state index contributed by atoms with van der Waals surface area (Å²) in [5, 5.41) is 17.0. The molecule has 0 radical (unpaired) electrons. The van der Waals surface area contributed by atoms with E-state index in [4.69, 9.17) is 0 Å². The van der Waals surface area contributed by atoms with Gasteiger partial charge < -0.3 is 10.2 Å². The molecule has 7 nitrogen and oxygen atoms in total. The van der Waals surface area contributed by atoms with Gasteiger partial charge in [-0.25, -0.2) is 4.98 Å². The smallest absolute Gasteiger partial charge is 0.254 e. The molecule has 164 valence electrons. The molecule has 2 aromatic heterocycles. The van der Waals surface area contributed by atoms with E-state index in [-0.39, 0.29) is 11.9 Å². The van der Waals surface area contributed by atoms with Gasteiger partial charge in [0.05, 0.1) is 17.8 Å². The van der Waals surface area contributed by atoms with Crippen LogP contribution in [0, 0.1) is 24.2 Å². The zero-order valence-electron chi connectivity index (χ0n) is 18.7. The Labute approximate surface area is 188 Å². The Morgan fingerprint density at radius 2 is 2.19 bits per heavy atom. The van der Waals surface area contributed by atoms with Crippen LogP contribution in [0.2, 0.25) is 0 Å². The number of pyridine rings is 1. The van der Waals surface area contributed by atoms with Crippen molar-refractivity contribution in [3.05, 3.63) is 65.6 Å². The van der Waals surface area contributed by atoms with Gasteiger partial charge in [0.1, 0.15) is 11.9 Å². The maximum atomic E-state index is 13.8. The molecule has 1 aromatic carbocycles. The van der Waals surface area contributed by atoms with Crippen LogP contribution in [0.3, 0.4) is 0 Å². The number of likely N-dealkylation sites (tertiary alicyclic amines) is 1. The van der Waals surface area contributed by atoms with Gasteiger partial charge in [0, 0.05) is 43.7 Å². The van der Waals surface area contributed by atoms with Gasteiger partial charge in [-0.3, -0.25) is 9.48 Å². The number of nitrogens with one attached hydrogen (secondary N) is 1. The van der Waals surface area contributed by atoms with Crippen molar-refractivity contribution in [2.75, 3.05) is 18.4 Å². The average Bonchev–Trinajstić information content (AvgIpc) is 3.23. The molecule has 1 aliphatic heterocycles.